The number of carbonyl (C=O) groups excluding carboxylic acids is 10. The number of hydrogen-bond acceptors (Lipinski definition) is 26. The van der Waals surface area contributed by atoms with Gasteiger partial charge in [-0.25, -0.2) is 38.4 Å². The Labute approximate surface area is 607 Å². The lowest BCUT2D eigenvalue weighted by molar-refractivity contribution is -0.334. The standard InChI is InChI=1S/C80H72O26/c1-48(81)96-62-58(44-94-79-68(105-76(89)56-40-24-10-25-41-56)66(103-74(87)54-36-20-8-21-37-54)64(101-72(85)52-32-16-6-17-33-52)60(99-79)45-92-70(83)50-28-12-4-13-29-50)63(97-49(2)82)78(91-3)98-59(62)47-95-80-69(106-77(90)57-42-26-11-27-43-57)67(104-75(88)55-38-22-9-23-39-55)65(102-73(86)53-34-18-7-19-35-53)61(100-80)46-93-71(84)51-30-14-5-15-31-51/h4-43,58-69,78-80H,44-47H2,1-3H3. The minimum Gasteiger partial charge on any atom is -0.459 e. The Bertz CT molecular complexity index is 4270. The molecular formula is C80H72O26. The lowest BCUT2D eigenvalue weighted by atomic mass is 9.89. The lowest BCUT2D eigenvalue weighted by Crippen LogP contribution is -2.65. The molecule has 0 saturated carbocycles. The van der Waals surface area contributed by atoms with Crippen molar-refractivity contribution in [1.29, 1.82) is 0 Å². The van der Waals surface area contributed by atoms with Crippen LogP contribution in [0.5, 0.6) is 0 Å². The highest BCUT2D eigenvalue weighted by Crippen LogP contribution is 2.38. The van der Waals surface area contributed by atoms with E-state index in [0.717, 1.165) is 13.8 Å². The molecule has 8 aromatic carbocycles. The van der Waals surface area contributed by atoms with E-state index in [0.29, 0.717) is 0 Å². The number of ether oxygens (including phenoxy) is 16. The fourth-order valence-electron chi connectivity index (χ4n) is 11.9. The SMILES string of the molecule is COC1OC(COC2OC(COC(=O)c3ccccc3)C(OC(=O)c3ccccc3)C(OC(=O)c3ccccc3)C2OC(=O)c2ccccc2)C(OC(C)=O)C(COC2OC(COC(=O)c3ccccc3)C(OC(=O)c3ccccc3)C(OC(=O)c3ccccc3)C2OC(=O)c2ccccc2)C1OC(C)=O. The summed E-state index contributed by atoms with van der Waals surface area (Å²) >= 11 is 0. The van der Waals surface area contributed by atoms with E-state index in [2.05, 4.69) is 0 Å². The zero-order valence-corrected chi connectivity index (χ0v) is 57.2. The second kappa shape index (κ2) is 36.6. The second-order valence-corrected chi connectivity index (χ2v) is 24.2. The minimum atomic E-state index is -1.98. The Balaban J connectivity index is 0.984. The molecule has 0 aromatic heterocycles. The first-order valence-electron chi connectivity index (χ1n) is 33.6. The van der Waals surface area contributed by atoms with Crippen molar-refractivity contribution in [2.24, 2.45) is 5.92 Å². The molecule has 0 bridgehead atoms. The molecule has 11 rings (SSSR count). The molecule has 3 saturated heterocycles. The summed E-state index contributed by atoms with van der Waals surface area (Å²) in [5.74, 6) is -11.1. The average molecular weight is 1450 g/mol. The number of carbonyl (C=O) groups is 10. The van der Waals surface area contributed by atoms with E-state index in [4.69, 9.17) is 75.8 Å². The largest absolute Gasteiger partial charge is 0.459 e. The zero-order valence-electron chi connectivity index (χ0n) is 57.2. The molecule has 0 radical (unpaired) electrons. The van der Waals surface area contributed by atoms with Crippen molar-refractivity contribution in [3.05, 3.63) is 287 Å². The second-order valence-electron chi connectivity index (χ2n) is 24.2. The number of benzene rings is 8. The molecule has 0 spiro atoms. The van der Waals surface area contributed by atoms with Gasteiger partial charge in [0.15, 0.2) is 61.6 Å². The summed E-state index contributed by atoms with van der Waals surface area (Å²) in [6, 6.07) is 61.6. The third-order valence-corrected chi connectivity index (χ3v) is 17.0. The van der Waals surface area contributed by atoms with Crippen molar-refractivity contribution >= 4 is 59.7 Å². The Morgan fingerprint density at radius 2 is 0.491 bits per heavy atom. The van der Waals surface area contributed by atoms with E-state index >= 15 is 0 Å². The molecule has 15 atom stereocenters. The number of methoxy groups -OCH3 is 1. The predicted molar refractivity (Wildman–Crippen MR) is 367 cm³/mol. The Morgan fingerprint density at radius 3 is 0.774 bits per heavy atom. The van der Waals surface area contributed by atoms with Crippen LogP contribution in [0.25, 0.3) is 0 Å². The molecule has 26 heteroatoms. The van der Waals surface area contributed by atoms with Crippen LogP contribution in [-0.4, -0.2) is 179 Å². The third kappa shape index (κ3) is 19.5. The van der Waals surface area contributed by atoms with E-state index in [1.807, 2.05) is 0 Å². The number of hydrogen-bond donors (Lipinski definition) is 0. The molecular weight excluding hydrogens is 1380 g/mol. The van der Waals surface area contributed by atoms with Gasteiger partial charge in [-0.15, -0.1) is 0 Å². The van der Waals surface area contributed by atoms with Crippen molar-refractivity contribution < 1.29 is 124 Å². The van der Waals surface area contributed by atoms with Crippen LogP contribution < -0.4 is 0 Å². The van der Waals surface area contributed by atoms with Gasteiger partial charge in [-0.05, 0) is 97.1 Å². The van der Waals surface area contributed by atoms with Crippen LogP contribution in [0.4, 0.5) is 0 Å². The van der Waals surface area contributed by atoms with Crippen molar-refractivity contribution in [3.8, 4) is 0 Å². The van der Waals surface area contributed by atoms with Gasteiger partial charge in [0.25, 0.3) is 0 Å². The van der Waals surface area contributed by atoms with Crippen LogP contribution in [-0.2, 0) is 85.4 Å². The molecule has 0 amide bonds. The maximum Gasteiger partial charge on any atom is 0.338 e. The number of esters is 10. The van der Waals surface area contributed by atoms with Gasteiger partial charge >= 0.3 is 59.7 Å². The van der Waals surface area contributed by atoms with Crippen LogP contribution in [0.2, 0.25) is 0 Å². The Morgan fingerprint density at radius 1 is 0.255 bits per heavy atom. The van der Waals surface area contributed by atoms with Crippen LogP contribution in [0.15, 0.2) is 243 Å². The summed E-state index contributed by atoms with van der Waals surface area (Å²) < 4.78 is 100. The normalized spacial score (nSPS) is 23.9. The molecule has 106 heavy (non-hydrogen) atoms. The molecule has 3 aliphatic rings. The van der Waals surface area contributed by atoms with Crippen molar-refractivity contribution in [2.75, 3.05) is 33.5 Å². The molecule has 8 aromatic rings. The molecule has 3 aliphatic heterocycles. The quantitative estimate of drug-likeness (QED) is 0.0342. The van der Waals surface area contributed by atoms with E-state index < -0.39 is 178 Å². The Hall–Kier alpha value is -11.8. The summed E-state index contributed by atoms with van der Waals surface area (Å²) in [4.78, 5) is 142. The average Bonchev–Trinajstić information content (AvgIpc) is 0.778. The summed E-state index contributed by atoms with van der Waals surface area (Å²) in [5.41, 5.74) is 0.219. The molecule has 26 nitrogen and oxygen atoms in total. The highest BCUT2D eigenvalue weighted by Gasteiger charge is 2.58. The van der Waals surface area contributed by atoms with Gasteiger partial charge in [0.2, 0.25) is 0 Å². The molecule has 0 N–H and O–H groups in total. The van der Waals surface area contributed by atoms with Crippen LogP contribution in [0.3, 0.4) is 0 Å². The number of rotatable bonds is 27. The Kier molecular flexibility index (Phi) is 26.0. The fraction of sp³-hybridized carbons (Fsp3) is 0.275. The van der Waals surface area contributed by atoms with Gasteiger partial charge in [-0.1, -0.05) is 146 Å². The van der Waals surface area contributed by atoms with Gasteiger partial charge in [0.05, 0.1) is 63.6 Å². The zero-order chi connectivity index (χ0) is 74.5. The third-order valence-electron chi connectivity index (χ3n) is 17.0. The van der Waals surface area contributed by atoms with E-state index in [9.17, 15) is 47.9 Å². The summed E-state index contributed by atoms with van der Waals surface area (Å²) in [5, 5.41) is 0. The molecule has 3 fully saturated rings. The topological polar surface area (TPSA) is 318 Å². The first-order valence-corrected chi connectivity index (χ1v) is 33.6. The van der Waals surface area contributed by atoms with Gasteiger partial charge in [-0.3, -0.25) is 9.59 Å². The van der Waals surface area contributed by atoms with Crippen LogP contribution in [0, 0.1) is 5.92 Å². The minimum absolute atomic E-state index is 0.00262. The molecule has 15 unspecified atom stereocenters. The van der Waals surface area contributed by atoms with Crippen molar-refractivity contribution in [3.63, 3.8) is 0 Å². The van der Waals surface area contributed by atoms with Crippen LogP contribution >= 0.6 is 0 Å². The van der Waals surface area contributed by atoms with E-state index in [1.165, 1.54) is 104 Å². The summed E-state index contributed by atoms with van der Waals surface area (Å²) in [6.07, 6.45) is -25.1. The van der Waals surface area contributed by atoms with Gasteiger partial charge < -0.3 is 75.8 Å². The van der Waals surface area contributed by atoms with E-state index in [-0.39, 0.29) is 44.5 Å². The van der Waals surface area contributed by atoms with E-state index in [1.54, 1.807) is 146 Å². The first-order chi connectivity index (χ1) is 51.5. The maximum atomic E-state index is 14.6. The summed E-state index contributed by atoms with van der Waals surface area (Å²) in [7, 11) is 1.20. The van der Waals surface area contributed by atoms with Crippen LogP contribution in [0.1, 0.15) is 96.7 Å². The predicted octanol–water partition coefficient (Wildman–Crippen LogP) is 9.39. The van der Waals surface area contributed by atoms with Gasteiger partial charge in [0.1, 0.15) is 37.6 Å². The van der Waals surface area contributed by atoms with Gasteiger partial charge in [0, 0.05) is 21.0 Å². The van der Waals surface area contributed by atoms with Crippen molar-refractivity contribution in [2.45, 2.75) is 99.9 Å². The monoisotopic (exact) mass is 1450 g/mol. The summed E-state index contributed by atoms with van der Waals surface area (Å²) in [6.45, 7) is -0.954. The first kappa shape index (κ1) is 75.4. The maximum absolute atomic E-state index is 14.6. The van der Waals surface area contributed by atoms with Crippen molar-refractivity contribution in [1.82, 2.24) is 0 Å². The smallest absolute Gasteiger partial charge is 0.338 e. The molecule has 548 valence electrons. The highest BCUT2D eigenvalue weighted by atomic mass is 16.8. The van der Waals surface area contributed by atoms with Gasteiger partial charge in [-0.2, -0.15) is 0 Å². The molecule has 3 heterocycles. The fourth-order valence-corrected chi connectivity index (χ4v) is 11.9. The lowest BCUT2D eigenvalue weighted by Gasteiger charge is -2.47. The highest BCUT2D eigenvalue weighted by molar-refractivity contribution is 5.94. The molecule has 0 aliphatic carbocycles.